The average Bonchev–Trinajstić information content (AvgIpc) is 3.13. The first-order valence-electron chi connectivity index (χ1n) is 10.3. The van der Waals surface area contributed by atoms with Crippen LogP contribution in [0.25, 0.3) is 10.9 Å². The van der Waals surface area contributed by atoms with Gasteiger partial charge in [0, 0.05) is 34.7 Å². The van der Waals surface area contributed by atoms with Gasteiger partial charge in [-0.25, -0.2) is 9.55 Å². The fourth-order valence-electron chi connectivity index (χ4n) is 2.98. The van der Waals surface area contributed by atoms with E-state index in [1.807, 2.05) is 20.8 Å². The molecule has 0 aliphatic carbocycles. The minimum Gasteiger partial charge on any atom is -0.497 e. The number of pyridine rings is 1. The highest BCUT2D eigenvalue weighted by Gasteiger charge is 2.25. The van der Waals surface area contributed by atoms with Gasteiger partial charge in [-0.3, -0.25) is 18.8 Å². The molecule has 12 heteroatoms. The van der Waals surface area contributed by atoms with Crippen LogP contribution in [-0.4, -0.2) is 56.4 Å². The summed E-state index contributed by atoms with van der Waals surface area (Å²) in [4.78, 5) is 47.2. The molecule has 0 aliphatic heterocycles. The summed E-state index contributed by atoms with van der Waals surface area (Å²) in [5.74, 6) is 0.300. The van der Waals surface area contributed by atoms with Crippen molar-refractivity contribution in [3.8, 4) is 11.6 Å². The Kier molecular flexibility index (Phi) is 7.52. The summed E-state index contributed by atoms with van der Waals surface area (Å²) < 4.78 is 27.0. The second kappa shape index (κ2) is 10.0. The van der Waals surface area contributed by atoms with Gasteiger partial charge in [0.2, 0.25) is 11.7 Å². The van der Waals surface area contributed by atoms with Crippen molar-refractivity contribution in [2.24, 2.45) is 5.41 Å². The molecule has 0 unspecified atom stereocenters. The van der Waals surface area contributed by atoms with Crippen molar-refractivity contribution in [1.82, 2.24) is 14.8 Å². The number of hydrogen-bond acceptors (Lipinski definition) is 8. The third-order valence-corrected chi connectivity index (χ3v) is 5.41. The highest BCUT2D eigenvalue weighted by Crippen LogP contribution is 2.35. The number of phosphoric ester groups is 1. The number of nitrogens with zero attached hydrogens (tertiary/aromatic N) is 3. The maximum Gasteiger partial charge on any atom is 0.469 e. The van der Waals surface area contributed by atoms with E-state index in [1.54, 1.807) is 18.2 Å². The molecule has 0 bridgehead atoms. The van der Waals surface area contributed by atoms with Crippen LogP contribution in [0.2, 0.25) is 0 Å². The van der Waals surface area contributed by atoms with Gasteiger partial charge in [0.05, 0.1) is 19.2 Å². The number of phosphoric acid groups is 1. The van der Waals surface area contributed by atoms with E-state index < -0.39 is 13.2 Å². The monoisotopic (exact) mass is 491 g/mol. The predicted molar refractivity (Wildman–Crippen MR) is 122 cm³/mol. The smallest absolute Gasteiger partial charge is 0.469 e. The summed E-state index contributed by atoms with van der Waals surface area (Å²) in [7, 11) is -3.04. The van der Waals surface area contributed by atoms with Crippen molar-refractivity contribution < 1.29 is 37.9 Å². The lowest BCUT2D eigenvalue weighted by Crippen LogP contribution is -2.25. The minimum absolute atomic E-state index is 0.00214. The van der Waals surface area contributed by atoms with E-state index in [0.717, 1.165) is 0 Å². The van der Waals surface area contributed by atoms with Gasteiger partial charge in [-0.15, -0.1) is 0 Å². The van der Waals surface area contributed by atoms with Crippen molar-refractivity contribution in [3.05, 3.63) is 47.8 Å². The van der Waals surface area contributed by atoms with Gasteiger partial charge in [-0.1, -0.05) is 20.8 Å². The predicted octanol–water partition coefficient (Wildman–Crippen LogP) is 2.77. The molecule has 34 heavy (non-hydrogen) atoms. The number of hydrogen-bond donors (Lipinski definition) is 2. The normalized spacial score (nSPS) is 12.1. The highest BCUT2D eigenvalue weighted by molar-refractivity contribution is 7.46. The van der Waals surface area contributed by atoms with Gasteiger partial charge in [0.1, 0.15) is 24.6 Å². The van der Waals surface area contributed by atoms with Crippen LogP contribution in [0.5, 0.6) is 11.6 Å². The fraction of sp³-hybridized carbons (Fsp3) is 0.364. The second-order valence-electron chi connectivity index (χ2n) is 8.45. The SMILES string of the molecule is COc1ccc2c(C(=O)c3ccc(OCCOP(=O)(O)O)nc3)nn(CC(=O)C(C)(C)C)c2c1. The van der Waals surface area contributed by atoms with E-state index in [9.17, 15) is 14.2 Å². The zero-order valence-electron chi connectivity index (χ0n) is 19.2. The van der Waals surface area contributed by atoms with Crippen molar-refractivity contribution >= 4 is 30.3 Å². The lowest BCUT2D eigenvalue weighted by atomic mass is 9.91. The number of ketones is 2. The maximum absolute atomic E-state index is 13.2. The van der Waals surface area contributed by atoms with E-state index in [4.69, 9.17) is 19.3 Å². The molecule has 3 rings (SSSR count). The van der Waals surface area contributed by atoms with Crippen LogP contribution in [-0.2, 0) is 20.4 Å². The van der Waals surface area contributed by atoms with Gasteiger partial charge in [0.15, 0.2) is 5.78 Å². The molecule has 0 saturated heterocycles. The van der Waals surface area contributed by atoms with Crippen LogP contribution < -0.4 is 9.47 Å². The molecule has 0 aliphatic rings. The first-order chi connectivity index (χ1) is 15.9. The number of benzene rings is 1. The minimum atomic E-state index is -4.57. The van der Waals surface area contributed by atoms with Crippen LogP contribution >= 0.6 is 7.82 Å². The van der Waals surface area contributed by atoms with Crippen molar-refractivity contribution in [2.45, 2.75) is 27.3 Å². The fourth-order valence-corrected chi connectivity index (χ4v) is 3.29. The molecule has 0 radical (unpaired) electrons. The van der Waals surface area contributed by atoms with Gasteiger partial charge < -0.3 is 19.3 Å². The molecule has 1 aromatic carbocycles. The van der Waals surface area contributed by atoms with E-state index in [0.29, 0.717) is 16.7 Å². The van der Waals surface area contributed by atoms with Gasteiger partial charge in [-0.2, -0.15) is 5.10 Å². The van der Waals surface area contributed by atoms with E-state index in [2.05, 4.69) is 14.6 Å². The standard InChI is InChI=1S/C22H26N3O8P/c1-22(2,3)18(26)13-25-17-11-15(31-4)6-7-16(17)20(24-25)21(27)14-5-8-19(23-12-14)32-9-10-33-34(28,29)30/h5-8,11-12H,9-10,13H2,1-4H3,(H2,28,29,30). The van der Waals surface area contributed by atoms with Crippen LogP contribution in [0.4, 0.5) is 0 Å². The summed E-state index contributed by atoms with van der Waals surface area (Å²) in [6, 6.07) is 8.12. The van der Waals surface area contributed by atoms with E-state index >= 15 is 0 Å². The lowest BCUT2D eigenvalue weighted by molar-refractivity contribution is -0.127. The van der Waals surface area contributed by atoms with Crippen molar-refractivity contribution in [2.75, 3.05) is 20.3 Å². The van der Waals surface area contributed by atoms with Crippen LogP contribution in [0.15, 0.2) is 36.5 Å². The van der Waals surface area contributed by atoms with E-state index in [-0.39, 0.29) is 48.5 Å². The number of carbonyl (C=O) groups is 2. The Morgan fingerprint density at radius 2 is 1.85 bits per heavy atom. The molecule has 2 heterocycles. The molecule has 0 atom stereocenters. The van der Waals surface area contributed by atoms with Crippen LogP contribution in [0.3, 0.4) is 0 Å². The Morgan fingerprint density at radius 3 is 2.44 bits per heavy atom. The molecule has 2 N–H and O–H groups in total. The molecule has 3 aromatic rings. The Hall–Kier alpha value is -3.11. The molecule has 0 fully saturated rings. The first-order valence-corrected chi connectivity index (χ1v) is 11.8. The molecule has 0 saturated carbocycles. The average molecular weight is 491 g/mol. The first kappa shape index (κ1) is 25.5. The van der Waals surface area contributed by atoms with Crippen LogP contribution in [0.1, 0.15) is 36.8 Å². The third-order valence-electron chi connectivity index (χ3n) is 4.90. The molecule has 2 aromatic heterocycles. The van der Waals surface area contributed by atoms with Crippen molar-refractivity contribution in [1.29, 1.82) is 0 Å². The number of aromatic nitrogens is 3. The number of ether oxygens (including phenoxy) is 2. The molecular formula is C22H26N3O8P. The number of fused-ring (bicyclic) bond motifs is 1. The zero-order valence-corrected chi connectivity index (χ0v) is 20.1. The summed E-state index contributed by atoms with van der Waals surface area (Å²) in [6.07, 6.45) is 1.32. The van der Waals surface area contributed by atoms with Gasteiger partial charge >= 0.3 is 7.82 Å². The molecule has 182 valence electrons. The van der Waals surface area contributed by atoms with Crippen LogP contribution in [0, 0.1) is 5.41 Å². The number of rotatable bonds is 10. The second-order valence-corrected chi connectivity index (χ2v) is 9.69. The molecule has 0 amide bonds. The number of Topliss-reactive ketones (excluding diaryl/α,β-unsaturated/α-hetero) is 1. The topological polar surface area (TPSA) is 150 Å². The maximum atomic E-state index is 13.2. The third kappa shape index (κ3) is 6.27. The summed E-state index contributed by atoms with van der Waals surface area (Å²) in [6.45, 7) is 5.00. The Balaban J connectivity index is 1.84. The Labute approximate surface area is 195 Å². The van der Waals surface area contributed by atoms with Gasteiger partial charge in [0.25, 0.3) is 0 Å². The molecule has 11 nitrogen and oxygen atoms in total. The quantitative estimate of drug-likeness (QED) is 0.246. The summed E-state index contributed by atoms with van der Waals surface area (Å²) in [5.41, 5.74) is 0.448. The number of carbonyl (C=O) groups excluding carboxylic acids is 2. The summed E-state index contributed by atoms with van der Waals surface area (Å²) >= 11 is 0. The Bertz CT molecular complexity index is 1240. The van der Waals surface area contributed by atoms with Gasteiger partial charge in [-0.05, 0) is 18.2 Å². The molecular weight excluding hydrogens is 465 g/mol. The zero-order chi connectivity index (χ0) is 25.1. The number of methoxy groups -OCH3 is 1. The largest absolute Gasteiger partial charge is 0.497 e. The highest BCUT2D eigenvalue weighted by atomic mass is 31.2. The Morgan fingerprint density at radius 1 is 1.12 bits per heavy atom. The summed E-state index contributed by atoms with van der Waals surface area (Å²) in [5, 5.41) is 5.01. The lowest BCUT2D eigenvalue weighted by Gasteiger charge is -2.16. The van der Waals surface area contributed by atoms with Crippen molar-refractivity contribution in [3.63, 3.8) is 0 Å². The van der Waals surface area contributed by atoms with E-state index in [1.165, 1.54) is 30.1 Å². The molecule has 0 spiro atoms.